The van der Waals surface area contributed by atoms with E-state index in [1.54, 1.807) is 18.2 Å². The van der Waals surface area contributed by atoms with Gasteiger partial charge in [0.25, 0.3) is 11.8 Å². The van der Waals surface area contributed by atoms with Gasteiger partial charge in [0.2, 0.25) is 0 Å². The van der Waals surface area contributed by atoms with E-state index in [1.807, 2.05) is 65.2 Å². The first-order valence-electron chi connectivity index (χ1n) is 10.0. The maximum atomic E-state index is 13.2. The average molecular weight is 387 g/mol. The molecule has 0 spiro atoms. The van der Waals surface area contributed by atoms with Crippen LogP contribution in [0.15, 0.2) is 66.5 Å². The van der Waals surface area contributed by atoms with Crippen LogP contribution in [0.25, 0.3) is 17.0 Å². The number of benzene rings is 2. The van der Waals surface area contributed by atoms with E-state index in [1.165, 1.54) is 0 Å². The smallest absolute Gasteiger partial charge is 0.270 e. The van der Waals surface area contributed by atoms with Gasteiger partial charge in [-0.3, -0.25) is 9.59 Å². The molecule has 1 N–H and O–H groups in total. The zero-order chi connectivity index (χ0) is 20.2. The first-order valence-corrected chi connectivity index (χ1v) is 10.0. The Hall–Kier alpha value is -3.34. The summed E-state index contributed by atoms with van der Waals surface area (Å²) < 4.78 is 2.03. The van der Waals surface area contributed by atoms with E-state index in [-0.39, 0.29) is 11.8 Å². The number of hydrogen-bond acceptors (Lipinski definition) is 2. The molecule has 148 valence electrons. The predicted octanol–water partition coefficient (Wildman–Crippen LogP) is 3.96. The van der Waals surface area contributed by atoms with Gasteiger partial charge in [0.15, 0.2) is 0 Å². The molecule has 0 saturated carbocycles. The van der Waals surface area contributed by atoms with E-state index in [9.17, 15) is 9.59 Å². The Balaban J connectivity index is 1.71. The molecule has 1 saturated heterocycles. The second-order valence-corrected chi connectivity index (χ2v) is 7.44. The van der Waals surface area contributed by atoms with Crippen molar-refractivity contribution >= 4 is 28.8 Å². The van der Waals surface area contributed by atoms with Gasteiger partial charge in [0.1, 0.15) is 5.70 Å². The molecule has 2 amide bonds. The van der Waals surface area contributed by atoms with Crippen LogP contribution in [-0.4, -0.2) is 34.4 Å². The molecule has 3 aromatic rings. The molecule has 1 aliphatic rings. The van der Waals surface area contributed by atoms with Gasteiger partial charge in [-0.1, -0.05) is 36.4 Å². The highest BCUT2D eigenvalue weighted by Gasteiger charge is 2.23. The van der Waals surface area contributed by atoms with Crippen molar-refractivity contribution in [1.29, 1.82) is 0 Å². The number of nitrogens with one attached hydrogen (secondary N) is 1. The molecule has 4 rings (SSSR count). The molecule has 5 heteroatoms. The maximum absolute atomic E-state index is 13.2. The highest BCUT2D eigenvalue weighted by atomic mass is 16.2. The topological polar surface area (TPSA) is 54.3 Å². The molecule has 0 unspecified atom stereocenters. The van der Waals surface area contributed by atoms with Crippen LogP contribution in [0.3, 0.4) is 0 Å². The van der Waals surface area contributed by atoms with Crippen LogP contribution < -0.4 is 5.32 Å². The first kappa shape index (κ1) is 19.0. The zero-order valence-corrected chi connectivity index (χ0v) is 16.6. The largest absolute Gasteiger partial charge is 0.350 e. The fourth-order valence-corrected chi connectivity index (χ4v) is 3.85. The molecule has 0 aliphatic carbocycles. The number of carbonyl (C=O) groups is 2. The summed E-state index contributed by atoms with van der Waals surface area (Å²) >= 11 is 0. The number of fused-ring (bicyclic) bond motifs is 1. The third-order valence-electron chi connectivity index (χ3n) is 5.39. The highest BCUT2D eigenvalue weighted by molar-refractivity contribution is 6.06. The number of amides is 2. The lowest BCUT2D eigenvalue weighted by molar-refractivity contribution is -0.128. The minimum absolute atomic E-state index is 0.123. The van der Waals surface area contributed by atoms with E-state index in [0.717, 1.165) is 48.8 Å². The molecule has 0 atom stereocenters. The first-order chi connectivity index (χ1) is 14.1. The van der Waals surface area contributed by atoms with Crippen molar-refractivity contribution in [1.82, 2.24) is 14.8 Å². The molecule has 5 nitrogen and oxygen atoms in total. The summed E-state index contributed by atoms with van der Waals surface area (Å²) in [4.78, 5) is 27.9. The summed E-state index contributed by atoms with van der Waals surface area (Å²) in [5.74, 6) is -0.399. The van der Waals surface area contributed by atoms with Crippen molar-refractivity contribution in [2.45, 2.75) is 19.3 Å². The Morgan fingerprint density at radius 1 is 0.931 bits per heavy atom. The fourth-order valence-electron chi connectivity index (χ4n) is 3.85. The van der Waals surface area contributed by atoms with Crippen molar-refractivity contribution in [3.63, 3.8) is 0 Å². The molecule has 2 aromatic carbocycles. The Morgan fingerprint density at radius 3 is 2.38 bits per heavy atom. The number of nitrogens with zero attached hydrogens (tertiary/aromatic N) is 2. The van der Waals surface area contributed by atoms with E-state index in [2.05, 4.69) is 5.32 Å². The molecular weight excluding hydrogens is 362 g/mol. The van der Waals surface area contributed by atoms with Gasteiger partial charge in [0.05, 0.1) is 0 Å². The molecular formula is C24H25N3O2. The van der Waals surface area contributed by atoms with Crippen molar-refractivity contribution in [2.24, 2.45) is 7.05 Å². The molecule has 0 bridgehead atoms. The van der Waals surface area contributed by atoms with E-state index >= 15 is 0 Å². The Bertz CT molecular complexity index is 1060. The van der Waals surface area contributed by atoms with Crippen molar-refractivity contribution in [3.05, 3.63) is 77.6 Å². The van der Waals surface area contributed by atoms with E-state index < -0.39 is 0 Å². The molecule has 1 aromatic heterocycles. The number of aryl methyl sites for hydroxylation is 1. The number of carbonyl (C=O) groups excluding carboxylic acids is 2. The second-order valence-electron chi connectivity index (χ2n) is 7.44. The van der Waals surface area contributed by atoms with E-state index in [0.29, 0.717) is 11.3 Å². The lowest BCUT2D eigenvalue weighted by atomic mass is 10.1. The second kappa shape index (κ2) is 8.35. The summed E-state index contributed by atoms with van der Waals surface area (Å²) in [7, 11) is 1.98. The van der Waals surface area contributed by atoms with Crippen LogP contribution in [0.1, 0.15) is 35.2 Å². The number of hydrogen-bond donors (Lipinski definition) is 1. The number of para-hydroxylation sites is 1. The Labute approximate surface area is 170 Å². The SMILES string of the molecule is Cn1cc(/C=C(\NC(=O)c2ccccc2)C(=O)N2CCCCC2)c2ccccc21. The normalized spacial score (nSPS) is 14.8. The zero-order valence-electron chi connectivity index (χ0n) is 16.6. The van der Waals surface area contributed by atoms with Gasteiger partial charge in [-0.25, -0.2) is 0 Å². The average Bonchev–Trinajstić information content (AvgIpc) is 3.09. The minimum atomic E-state index is -0.276. The standard InChI is InChI=1S/C24H25N3O2/c1-26-17-19(20-12-6-7-13-22(20)26)16-21(24(29)27-14-8-3-9-15-27)25-23(28)18-10-4-2-5-11-18/h2,4-7,10-13,16-17H,3,8-9,14-15H2,1H3,(H,25,28)/b21-16-. The third-order valence-corrected chi connectivity index (χ3v) is 5.39. The number of aromatic nitrogens is 1. The van der Waals surface area contributed by atoms with Crippen LogP contribution in [0, 0.1) is 0 Å². The monoisotopic (exact) mass is 387 g/mol. The van der Waals surface area contributed by atoms with Crippen molar-refractivity contribution in [2.75, 3.05) is 13.1 Å². The summed E-state index contributed by atoms with van der Waals surface area (Å²) in [5, 5.41) is 3.92. The summed E-state index contributed by atoms with van der Waals surface area (Å²) in [5.41, 5.74) is 2.84. The number of piperidine rings is 1. The Kier molecular flexibility index (Phi) is 5.47. The van der Waals surface area contributed by atoms with Gasteiger partial charge >= 0.3 is 0 Å². The van der Waals surface area contributed by atoms with Crippen LogP contribution in [0.5, 0.6) is 0 Å². The van der Waals surface area contributed by atoms with Gasteiger partial charge in [0, 0.05) is 48.4 Å². The molecule has 29 heavy (non-hydrogen) atoms. The maximum Gasteiger partial charge on any atom is 0.270 e. The van der Waals surface area contributed by atoms with Crippen LogP contribution in [-0.2, 0) is 11.8 Å². The highest BCUT2D eigenvalue weighted by Crippen LogP contribution is 2.23. The van der Waals surface area contributed by atoms with E-state index in [4.69, 9.17) is 0 Å². The molecule has 0 radical (unpaired) electrons. The molecule has 2 heterocycles. The van der Waals surface area contributed by atoms with Crippen molar-refractivity contribution < 1.29 is 9.59 Å². The lowest BCUT2D eigenvalue weighted by Crippen LogP contribution is -2.41. The van der Waals surface area contributed by atoms with Gasteiger partial charge < -0.3 is 14.8 Å². The van der Waals surface area contributed by atoms with Gasteiger partial charge in [-0.2, -0.15) is 0 Å². The summed E-state index contributed by atoms with van der Waals surface area (Å²) in [6.07, 6.45) is 6.94. The van der Waals surface area contributed by atoms with Crippen LogP contribution in [0.4, 0.5) is 0 Å². The van der Waals surface area contributed by atoms with Gasteiger partial charge in [-0.15, -0.1) is 0 Å². The predicted molar refractivity (Wildman–Crippen MR) is 115 cm³/mol. The number of likely N-dealkylation sites (tertiary alicyclic amines) is 1. The van der Waals surface area contributed by atoms with Gasteiger partial charge in [-0.05, 0) is 43.5 Å². The van der Waals surface area contributed by atoms with Crippen molar-refractivity contribution in [3.8, 4) is 0 Å². The molecule has 1 fully saturated rings. The third kappa shape index (κ3) is 4.09. The quantitative estimate of drug-likeness (QED) is 0.689. The van der Waals surface area contributed by atoms with Crippen LogP contribution in [0.2, 0.25) is 0 Å². The minimum Gasteiger partial charge on any atom is -0.350 e. The molecule has 1 aliphatic heterocycles. The Morgan fingerprint density at radius 2 is 1.62 bits per heavy atom. The van der Waals surface area contributed by atoms with Crippen LogP contribution >= 0.6 is 0 Å². The summed E-state index contributed by atoms with van der Waals surface area (Å²) in [6.45, 7) is 1.46. The summed E-state index contributed by atoms with van der Waals surface area (Å²) in [6, 6.07) is 17.0. The lowest BCUT2D eigenvalue weighted by Gasteiger charge is -2.27. The number of rotatable bonds is 4. The fraction of sp³-hybridized carbons (Fsp3) is 0.250.